The van der Waals surface area contributed by atoms with Gasteiger partial charge in [-0.3, -0.25) is 4.79 Å². The molecular formula is C20H28N2O3S2. The molecule has 0 aromatic carbocycles. The molecule has 2 heterocycles. The number of rotatable bonds is 4. The second-order valence-electron chi connectivity index (χ2n) is 9.28. The lowest BCUT2D eigenvalue weighted by Crippen LogP contribution is -2.56. The van der Waals surface area contributed by atoms with Gasteiger partial charge in [-0.25, -0.2) is 8.42 Å². The number of amides is 1. The van der Waals surface area contributed by atoms with Gasteiger partial charge in [-0.2, -0.15) is 4.31 Å². The molecule has 6 rings (SSSR count). The van der Waals surface area contributed by atoms with E-state index in [-0.39, 0.29) is 17.4 Å². The summed E-state index contributed by atoms with van der Waals surface area (Å²) in [6, 6.07) is 3.55. The molecule has 5 nitrogen and oxygen atoms in total. The largest absolute Gasteiger partial charge is 0.353 e. The van der Waals surface area contributed by atoms with E-state index in [1.165, 1.54) is 30.6 Å². The van der Waals surface area contributed by atoms with Gasteiger partial charge in [0.05, 0.1) is 0 Å². The number of piperidine rings is 1. The minimum Gasteiger partial charge on any atom is -0.353 e. The van der Waals surface area contributed by atoms with Gasteiger partial charge < -0.3 is 5.32 Å². The first kappa shape index (κ1) is 18.1. The predicted octanol–water partition coefficient (Wildman–Crippen LogP) is 3.23. The van der Waals surface area contributed by atoms with E-state index in [0.717, 1.165) is 37.0 Å². The van der Waals surface area contributed by atoms with Crippen molar-refractivity contribution in [1.29, 1.82) is 0 Å². The molecule has 7 heteroatoms. The molecule has 1 N–H and O–H groups in total. The Balaban J connectivity index is 1.21. The van der Waals surface area contributed by atoms with Gasteiger partial charge in [0.15, 0.2) is 0 Å². The van der Waals surface area contributed by atoms with Crippen molar-refractivity contribution in [3.63, 3.8) is 0 Å². The molecule has 5 aliphatic rings. The first-order valence-electron chi connectivity index (χ1n) is 10.3. The van der Waals surface area contributed by atoms with Crippen molar-refractivity contribution in [3.05, 3.63) is 17.5 Å². The number of hydrogen-bond acceptors (Lipinski definition) is 4. The average Bonchev–Trinajstić information content (AvgIpc) is 3.16. The van der Waals surface area contributed by atoms with E-state index in [0.29, 0.717) is 30.1 Å². The molecule has 0 spiro atoms. The molecule has 148 valence electrons. The molecule has 1 aromatic rings. The van der Waals surface area contributed by atoms with Crippen molar-refractivity contribution >= 4 is 27.3 Å². The molecule has 1 aromatic heterocycles. The van der Waals surface area contributed by atoms with Crippen LogP contribution < -0.4 is 5.32 Å². The second kappa shape index (κ2) is 6.56. The van der Waals surface area contributed by atoms with Crippen molar-refractivity contribution < 1.29 is 13.2 Å². The molecule has 4 saturated carbocycles. The van der Waals surface area contributed by atoms with Gasteiger partial charge in [0, 0.05) is 24.5 Å². The number of nitrogens with one attached hydrogen (secondary N) is 1. The third-order valence-corrected chi connectivity index (χ3v) is 10.7. The van der Waals surface area contributed by atoms with Crippen LogP contribution >= 0.6 is 11.3 Å². The van der Waals surface area contributed by atoms with E-state index in [1.807, 2.05) is 0 Å². The highest BCUT2D eigenvalue weighted by Gasteiger charge is 2.54. The van der Waals surface area contributed by atoms with Gasteiger partial charge in [-0.15, -0.1) is 11.3 Å². The summed E-state index contributed by atoms with van der Waals surface area (Å²) >= 11 is 1.27. The van der Waals surface area contributed by atoms with Crippen molar-refractivity contribution in [2.75, 3.05) is 13.1 Å². The molecule has 1 aliphatic heterocycles. The van der Waals surface area contributed by atoms with E-state index in [1.54, 1.807) is 21.8 Å². The summed E-state index contributed by atoms with van der Waals surface area (Å²) in [5.74, 6) is 2.56. The lowest BCUT2D eigenvalue weighted by Gasteiger charge is -2.56. The highest BCUT2D eigenvalue weighted by molar-refractivity contribution is 7.91. The Morgan fingerprint density at radius 3 is 2.19 bits per heavy atom. The summed E-state index contributed by atoms with van der Waals surface area (Å²) in [7, 11) is -3.37. The Morgan fingerprint density at radius 1 is 1.07 bits per heavy atom. The molecule has 27 heavy (non-hydrogen) atoms. The number of sulfonamides is 1. The summed E-state index contributed by atoms with van der Waals surface area (Å²) in [6.45, 7) is 0.984. The SMILES string of the molecule is O=C(NC1CCN(S(=O)(=O)c2cccs2)CC1)C12CC3CC(CC(C3)C1)C2. The van der Waals surface area contributed by atoms with E-state index in [9.17, 15) is 13.2 Å². The van der Waals surface area contributed by atoms with Crippen LogP contribution in [0.5, 0.6) is 0 Å². The van der Waals surface area contributed by atoms with Crippen LogP contribution in [0.15, 0.2) is 21.7 Å². The maximum absolute atomic E-state index is 13.2. The van der Waals surface area contributed by atoms with Gasteiger partial charge in [-0.05, 0) is 80.6 Å². The van der Waals surface area contributed by atoms with Crippen molar-refractivity contribution in [2.45, 2.75) is 61.6 Å². The summed E-state index contributed by atoms with van der Waals surface area (Å²) in [5.41, 5.74) is -0.116. The molecule has 5 fully saturated rings. The highest BCUT2D eigenvalue weighted by atomic mass is 32.2. The minimum atomic E-state index is -3.37. The fourth-order valence-electron chi connectivity index (χ4n) is 6.51. The van der Waals surface area contributed by atoms with E-state index < -0.39 is 10.0 Å². The predicted molar refractivity (Wildman–Crippen MR) is 105 cm³/mol. The fourth-order valence-corrected chi connectivity index (χ4v) is 9.12. The van der Waals surface area contributed by atoms with E-state index in [4.69, 9.17) is 0 Å². The van der Waals surface area contributed by atoms with Crippen LogP contribution in [0.1, 0.15) is 51.4 Å². The van der Waals surface area contributed by atoms with Gasteiger partial charge in [0.2, 0.25) is 5.91 Å². The Morgan fingerprint density at radius 2 is 1.67 bits per heavy atom. The summed E-state index contributed by atoms with van der Waals surface area (Å²) in [4.78, 5) is 13.2. The first-order chi connectivity index (χ1) is 12.9. The third kappa shape index (κ3) is 3.15. The Bertz CT molecular complexity index is 775. The lowest BCUT2D eigenvalue weighted by atomic mass is 9.49. The van der Waals surface area contributed by atoms with Crippen LogP contribution in [0.3, 0.4) is 0 Å². The molecule has 1 saturated heterocycles. The standard InChI is InChI=1S/C20H28N2O3S2/c23-19(20-11-14-8-15(12-20)10-16(9-14)13-20)21-17-3-5-22(6-4-17)27(24,25)18-2-1-7-26-18/h1-2,7,14-17H,3-6,8-13H2,(H,21,23). The minimum absolute atomic E-state index is 0.111. The zero-order valence-corrected chi connectivity index (χ0v) is 17.2. The zero-order chi connectivity index (χ0) is 18.6. The Kier molecular flexibility index (Phi) is 4.41. The van der Waals surface area contributed by atoms with Crippen LogP contribution in [-0.4, -0.2) is 37.8 Å². The van der Waals surface area contributed by atoms with Crippen LogP contribution in [0.2, 0.25) is 0 Å². The Hall–Kier alpha value is -0.920. The number of thiophene rings is 1. The maximum Gasteiger partial charge on any atom is 0.252 e. The van der Waals surface area contributed by atoms with Crippen LogP contribution in [-0.2, 0) is 14.8 Å². The first-order valence-corrected chi connectivity index (χ1v) is 12.6. The summed E-state index contributed by atoms with van der Waals surface area (Å²) in [6.07, 6.45) is 8.68. The number of carbonyl (C=O) groups is 1. The third-order valence-electron chi connectivity index (χ3n) is 7.40. The Labute approximate surface area is 165 Å². The van der Waals surface area contributed by atoms with Crippen LogP contribution in [0.4, 0.5) is 0 Å². The molecular weight excluding hydrogens is 380 g/mol. The van der Waals surface area contributed by atoms with Crippen molar-refractivity contribution in [3.8, 4) is 0 Å². The molecule has 1 amide bonds. The molecule has 4 aliphatic carbocycles. The molecule has 4 bridgehead atoms. The second-order valence-corrected chi connectivity index (χ2v) is 12.4. The fraction of sp³-hybridized carbons (Fsp3) is 0.750. The molecule has 0 atom stereocenters. The normalized spacial score (nSPS) is 36.8. The van der Waals surface area contributed by atoms with E-state index >= 15 is 0 Å². The number of carbonyl (C=O) groups excluding carboxylic acids is 1. The smallest absolute Gasteiger partial charge is 0.252 e. The van der Waals surface area contributed by atoms with Crippen LogP contribution in [0, 0.1) is 23.2 Å². The highest BCUT2D eigenvalue weighted by Crippen LogP contribution is 2.60. The van der Waals surface area contributed by atoms with Gasteiger partial charge in [0.25, 0.3) is 10.0 Å². The van der Waals surface area contributed by atoms with Crippen LogP contribution in [0.25, 0.3) is 0 Å². The molecule has 0 radical (unpaired) electrons. The van der Waals surface area contributed by atoms with Crippen molar-refractivity contribution in [2.24, 2.45) is 23.2 Å². The quantitative estimate of drug-likeness (QED) is 0.832. The monoisotopic (exact) mass is 408 g/mol. The summed E-state index contributed by atoms with van der Waals surface area (Å²) < 4.78 is 27.3. The van der Waals surface area contributed by atoms with Gasteiger partial charge >= 0.3 is 0 Å². The van der Waals surface area contributed by atoms with Crippen molar-refractivity contribution in [1.82, 2.24) is 9.62 Å². The lowest BCUT2D eigenvalue weighted by molar-refractivity contribution is -0.147. The number of nitrogens with zero attached hydrogens (tertiary/aromatic N) is 1. The zero-order valence-electron chi connectivity index (χ0n) is 15.6. The topological polar surface area (TPSA) is 66.5 Å². The summed E-state index contributed by atoms with van der Waals surface area (Å²) in [5, 5.41) is 5.12. The number of hydrogen-bond donors (Lipinski definition) is 1. The molecule has 0 unspecified atom stereocenters. The maximum atomic E-state index is 13.2. The van der Waals surface area contributed by atoms with Gasteiger partial charge in [-0.1, -0.05) is 6.07 Å². The van der Waals surface area contributed by atoms with E-state index in [2.05, 4.69) is 5.32 Å². The van der Waals surface area contributed by atoms with Gasteiger partial charge in [0.1, 0.15) is 4.21 Å². The average molecular weight is 409 g/mol.